The predicted octanol–water partition coefficient (Wildman–Crippen LogP) is 0.758. The lowest BCUT2D eigenvalue weighted by Gasteiger charge is -2.12. The van der Waals surface area contributed by atoms with Gasteiger partial charge in [0, 0.05) is 6.54 Å². The molecule has 3 aromatic rings. The fourth-order valence-corrected chi connectivity index (χ4v) is 2.33. The number of aryl methyl sites for hydroxylation is 1. The number of benzene rings is 1. The smallest absolute Gasteiger partial charge is 0.381 e. The Morgan fingerprint density at radius 1 is 1.25 bits per heavy atom. The Morgan fingerprint density at radius 2 is 2.11 bits per heavy atom. The number of imidazole rings is 1. The van der Waals surface area contributed by atoms with E-state index in [9.17, 15) is 9.59 Å². The van der Waals surface area contributed by atoms with Crippen molar-refractivity contribution in [2.24, 2.45) is 0 Å². The number of hydrogen-bond donors (Lipinski definition) is 3. The number of aliphatic hydroxyl groups excluding tert-OH is 1. The van der Waals surface area contributed by atoms with Gasteiger partial charge < -0.3 is 24.9 Å². The number of carbonyl (C=O) groups excluding carboxylic acids is 2. The van der Waals surface area contributed by atoms with Gasteiger partial charge in [-0.15, -0.1) is 0 Å². The monoisotopic (exact) mass is 385 g/mol. The highest BCUT2D eigenvalue weighted by molar-refractivity contribution is 5.89. The zero-order chi connectivity index (χ0) is 19.9. The van der Waals surface area contributed by atoms with Crippen molar-refractivity contribution < 1.29 is 24.2 Å². The molecule has 0 unspecified atom stereocenters. The number of nitrogens with zero attached hydrogens (tertiary/aromatic N) is 3. The number of H-pyrrole nitrogens is 1. The Labute approximate surface area is 159 Å². The molecular formula is C18H19N5O5. The van der Waals surface area contributed by atoms with Gasteiger partial charge in [-0.25, -0.2) is 19.7 Å². The first-order valence-corrected chi connectivity index (χ1v) is 8.56. The Bertz CT molecular complexity index is 987. The molecule has 28 heavy (non-hydrogen) atoms. The molecule has 3 N–H and O–H groups in total. The molecule has 2 aromatic heterocycles. The van der Waals surface area contributed by atoms with E-state index in [2.05, 4.69) is 25.3 Å². The number of rotatable bonds is 8. The van der Waals surface area contributed by atoms with Crippen LogP contribution in [0.5, 0.6) is 11.5 Å². The quantitative estimate of drug-likeness (QED) is 0.381. The molecule has 146 valence electrons. The summed E-state index contributed by atoms with van der Waals surface area (Å²) in [5, 5.41) is 11.2. The van der Waals surface area contributed by atoms with Crippen LogP contribution in [-0.4, -0.2) is 56.7 Å². The maximum absolute atomic E-state index is 12.4. The molecule has 0 aliphatic heterocycles. The van der Waals surface area contributed by atoms with Gasteiger partial charge in [0.15, 0.2) is 17.1 Å². The van der Waals surface area contributed by atoms with E-state index in [0.717, 1.165) is 5.56 Å². The number of aromatic amines is 1. The van der Waals surface area contributed by atoms with Crippen LogP contribution in [0, 0.1) is 6.92 Å². The zero-order valence-electron chi connectivity index (χ0n) is 15.1. The Balaban J connectivity index is 1.67. The molecule has 10 heteroatoms. The number of ether oxygens (including phenoxy) is 2. The normalized spacial score (nSPS) is 10.6. The highest BCUT2D eigenvalue weighted by atomic mass is 16.6. The number of carbonyl (C=O) groups is 2. The topological polar surface area (TPSA) is 139 Å². The highest BCUT2D eigenvalue weighted by Gasteiger charge is 2.17. The van der Waals surface area contributed by atoms with Crippen LogP contribution in [0.3, 0.4) is 0 Å². The number of nitrogens with one attached hydrogen (secondary N) is 2. The maximum atomic E-state index is 12.4. The number of aliphatic hydroxyl groups is 1. The van der Waals surface area contributed by atoms with Crippen molar-refractivity contribution in [3.63, 3.8) is 0 Å². The lowest BCUT2D eigenvalue weighted by atomic mass is 10.2. The molecule has 2 heterocycles. The van der Waals surface area contributed by atoms with Gasteiger partial charge in [0.2, 0.25) is 11.7 Å². The van der Waals surface area contributed by atoms with E-state index >= 15 is 0 Å². The molecule has 1 amide bonds. The Hall–Kier alpha value is -3.53. The lowest BCUT2D eigenvalue weighted by Crippen LogP contribution is -2.27. The zero-order valence-corrected chi connectivity index (χ0v) is 15.1. The maximum Gasteiger partial charge on any atom is 0.381 e. The molecule has 10 nitrogen and oxygen atoms in total. The van der Waals surface area contributed by atoms with Gasteiger partial charge in [0.1, 0.15) is 5.52 Å². The van der Waals surface area contributed by atoms with Crippen molar-refractivity contribution in [3.8, 4) is 11.5 Å². The molecule has 0 bridgehead atoms. The first kappa shape index (κ1) is 19.2. The molecule has 0 aliphatic rings. The second kappa shape index (κ2) is 8.91. The average Bonchev–Trinajstić information content (AvgIpc) is 3.15. The van der Waals surface area contributed by atoms with E-state index in [1.54, 1.807) is 18.2 Å². The number of hydrogen-bond acceptors (Lipinski definition) is 8. The van der Waals surface area contributed by atoms with E-state index < -0.39 is 5.97 Å². The van der Waals surface area contributed by atoms with Crippen LogP contribution in [0.25, 0.3) is 11.2 Å². The van der Waals surface area contributed by atoms with E-state index in [0.29, 0.717) is 16.9 Å². The Morgan fingerprint density at radius 3 is 2.93 bits per heavy atom. The van der Waals surface area contributed by atoms with Gasteiger partial charge in [0.25, 0.3) is 0 Å². The van der Waals surface area contributed by atoms with Crippen molar-refractivity contribution in [3.05, 3.63) is 42.1 Å². The Kier molecular flexibility index (Phi) is 6.12. The average molecular weight is 385 g/mol. The fraction of sp³-hybridized carbons (Fsp3) is 0.278. The molecular weight excluding hydrogens is 366 g/mol. The number of aromatic nitrogens is 4. The van der Waals surface area contributed by atoms with Gasteiger partial charge in [-0.2, -0.15) is 0 Å². The molecule has 0 atom stereocenters. The highest BCUT2D eigenvalue weighted by Crippen LogP contribution is 2.29. The minimum atomic E-state index is -0.749. The number of esters is 1. The van der Waals surface area contributed by atoms with Gasteiger partial charge in [0.05, 0.1) is 32.2 Å². The summed E-state index contributed by atoms with van der Waals surface area (Å²) in [4.78, 5) is 38.8. The number of fused-ring (bicyclic) bond motifs is 1. The summed E-state index contributed by atoms with van der Waals surface area (Å²) in [5.41, 5.74) is 1.83. The predicted molar refractivity (Wildman–Crippen MR) is 98.0 cm³/mol. The number of amides is 1. The summed E-state index contributed by atoms with van der Waals surface area (Å²) < 4.78 is 11.0. The van der Waals surface area contributed by atoms with E-state index in [4.69, 9.17) is 14.6 Å². The summed E-state index contributed by atoms with van der Waals surface area (Å²) in [7, 11) is 0. The van der Waals surface area contributed by atoms with Crippen LogP contribution in [-0.2, 0) is 4.79 Å². The third-order valence-corrected chi connectivity index (χ3v) is 3.68. The molecule has 0 radical (unpaired) electrons. The van der Waals surface area contributed by atoms with E-state index in [1.165, 1.54) is 12.5 Å². The van der Waals surface area contributed by atoms with Crippen molar-refractivity contribution in [2.45, 2.75) is 13.3 Å². The summed E-state index contributed by atoms with van der Waals surface area (Å²) in [5.74, 6) is -0.613. The fourth-order valence-electron chi connectivity index (χ4n) is 2.33. The minimum Gasteiger partial charge on any atom is -0.489 e. The van der Waals surface area contributed by atoms with Crippen molar-refractivity contribution >= 4 is 23.0 Å². The summed E-state index contributed by atoms with van der Waals surface area (Å²) >= 11 is 0. The summed E-state index contributed by atoms with van der Waals surface area (Å²) in [6.45, 7) is 1.99. The molecule has 0 saturated carbocycles. The molecule has 0 aliphatic carbocycles. The molecule has 0 spiro atoms. The van der Waals surface area contributed by atoms with Crippen LogP contribution in [0.4, 0.5) is 0 Å². The van der Waals surface area contributed by atoms with Crippen LogP contribution < -0.4 is 14.8 Å². The third-order valence-electron chi connectivity index (χ3n) is 3.68. The summed E-state index contributed by atoms with van der Waals surface area (Å²) in [6.07, 6.45) is 3.00. The summed E-state index contributed by atoms with van der Waals surface area (Å²) in [6, 6.07) is 5.10. The van der Waals surface area contributed by atoms with Gasteiger partial charge >= 0.3 is 5.97 Å². The van der Waals surface area contributed by atoms with E-state index in [1.807, 2.05) is 6.92 Å². The molecule has 3 rings (SSSR count). The van der Waals surface area contributed by atoms with Crippen molar-refractivity contribution in [1.82, 2.24) is 25.3 Å². The van der Waals surface area contributed by atoms with Crippen LogP contribution in [0.2, 0.25) is 0 Å². The van der Waals surface area contributed by atoms with Gasteiger partial charge in [-0.1, -0.05) is 6.07 Å². The van der Waals surface area contributed by atoms with Crippen molar-refractivity contribution in [1.29, 1.82) is 0 Å². The van der Waals surface area contributed by atoms with E-state index in [-0.39, 0.29) is 43.7 Å². The van der Waals surface area contributed by atoms with Crippen molar-refractivity contribution in [2.75, 3.05) is 19.8 Å². The largest absolute Gasteiger partial charge is 0.489 e. The SMILES string of the molecule is Cc1ccc(OCCC(=O)NCCO)c(OC(=O)c2ncc3[nH]cnc3n2)c1. The first-order valence-electron chi connectivity index (χ1n) is 8.56. The lowest BCUT2D eigenvalue weighted by molar-refractivity contribution is -0.121. The van der Waals surface area contributed by atoms with Crippen LogP contribution >= 0.6 is 0 Å². The van der Waals surface area contributed by atoms with Gasteiger partial charge in [-0.05, 0) is 24.6 Å². The molecule has 0 fully saturated rings. The molecule has 1 aromatic carbocycles. The third kappa shape index (κ3) is 4.80. The molecule has 0 saturated heterocycles. The second-order valence-corrected chi connectivity index (χ2v) is 5.85. The van der Waals surface area contributed by atoms with Crippen LogP contribution in [0.15, 0.2) is 30.7 Å². The van der Waals surface area contributed by atoms with Crippen LogP contribution in [0.1, 0.15) is 22.6 Å². The van der Waals surface area contributed by atoms with Gasteiger partial charge in [-0.3, -0.25) is 4.79 Å². The second-order valence-electron chi connectivity index (χ2n) is 5.85. The first-order chi connectivity index (χ1) is 13.6. The minimum absolute atomic E-state index is 0.0839. The standard InChI is InChI=1S/C18H19N5O5/c1-11-2-3-13(27-7-4-15(25)19-5-6-24)14(8-11)28-18(26)17-20-9-12-16(23-17)22-10-21-12/h2-3,8-10,24H,4-7H2,1H3,(H,19,25)(H,20,21,22,23).